The van der Waals surface area contributed by atoms with Gasteiger partial charge in [0.05, 0.1) is 11.3 Å². The van der Waals surface area contributed by atoms with Gasteiger partial charge in [0.15, 0.2) is 5.78 Å². The average Bonchev–Trinajstić information content (AvgIpc) is 2.76. The van der Waals surface area contributed by atoms with Crippen molar-refractivity contribution >= 4 is 23.5 Å². The Morgan fingerprint density at radius 3 is 2.43 bits per heavy atom. The Bertz CT molecular complexity index is 697. The van der Waals surface area contributed by atoms with Gasteiger partial charge >= 0.3 is 0 Å². The van der Waals surface area contributed by atoms with Gasteiger partial charge in [-0.05, 0) is 30.7 Å². The third kappa shape index (κ3) is 3.89. The summed E-state index contributed by atoms with van der Waals surface area (Å²) < 4.78 is 1.62. The summed E-state index contributed by atoms with van der Waals surface area (Å²) in [6.07, 6.45) is 4.98. The van der Waals surface area contributed by atoms with E-state index >= 15 is 0 Å². The van der Waals surface area contributed by atoms with Gasteiger partial charge in [0.1, 0.15) is 0 Å². The average molecular weight is 283 g/mol. The highest BCUT2D eigenvalue weighted by atomic mass is 16.1. The van der Waals surface area contributed by atoms with Crippen molar-refractivity contribution in [3.8, 4) is 0 Å². The molecular weight excluding hydrogens is 266 g/mol. The number of benzene rings is 1. The third-order valence-electron chi connectivity index (χ3n) is 2.94. The van der Waals surface area contributed by atoms with Crippen LogP contribution in [0.3, 0.4) is 0 Å². The number of nitrogens with one attached hydrogen (secondary N) is 1. The largest absolute Gasteiger partial charge is 0.326 e. The molecule has 0 aliphatic carbocycles. The molecule has 0 bridgehead atoms. The van der Waals surface area contributed by atoms with Crippen LogP contribution < -0.4 is 5.32 Å². The summed E-state index contributed by atoms with van der Waals surface area (Å²) in [6.45, 7) is 3.27. The molecule has 5 heteroatoms. The normalized spacial score (nSPS) is 10.8. The lowest BCUT2D eigenvalue weighted by molar-refractivity contribution is -0.114. The molecule has 0 fully saturated rings. The van der Waals surface area contributed by atoms with Crippen molar-refractivity contribution in [1.29, 1.82) is 0 Å². The van der Waals surface area contributed by atoms with Crippen LogP contribution >= 0.6 is 0 Å². The zero-order chi connectivity index (χ0) is 15.4. The molecule has 0 unspecified atom stereocenters. The maximum Gasteiger partial charge on any atom is 0.221 e. The number of carbonyl (C=O) groups excluding carboxylic acids is 2. The Labute approximate surface area is 123 Å². The van der Waals surface area contributed by atoms with Crippen LogP contribution in [0.25, 0.3) is 6.08 Å². The van der Waals surface area contributed by atoms with E-state index in [1.807, 2.05) is 19.1 Å². The van der Waals surface area contributed by atoms with E-state index in [2.05, 4.69) is 10.4 Å². The molecule has 1 aromatic carbocycles. The number of aryl methyl sites for hydroxylation is 2. The molecule has 0 aliphatic heterocycles. The summed E-state index contributed by atoms with van der Waals surface area (Å²) >= 11 is 0. The van der Waals surface area contributed by atoms with Crippen molar-refractivity contribution in [3.05, 3.63) is 53.4 Å². The molecule has 0 aliphatic rings. The predicted octanol–water partition coefficient (Wildman–Crippen LogP) is 2.58. The Hall–Kier alpha value is -2.69. The second-order valence-electron chi connectivity index (χ2n) is 4.80. The minimum Gasteiger partial charge on any atom is -0.326 e. The number of nitrogens with zero attached hydrogens (tertiary/aromatic N) is 2. The fourth-order valence-corrected chi connectivity index (χ4v) is 1.98. The van der Waals surface area contributed by atoms with Gasteiger partial charge in [0, 0.05) is 25.9 Å². The highest BCUT2D eigenvalue weighted by Crippen LogP contribution is 2.12. The minimum absolute atomic E-state index is 0.0773. The maximum absolute atomic E-state index is 12.1. The van der Waals surface area contributed by atoms with E-state index in [-0.39, 0.29) is 11.7 Å². The quantitative estimate of drug-likeness (QED) is 0.693. The number of rotatable bonds is 4. The number of hydrogen-bond acceptors (Lipinski definition) is 3. The van der Waals surface area contributed by atoms with Crippen molar-refractivity contribution in [2.24, 2.45) is 7.05 Å². The first-order valence-electron chi connectivity index (χ1n) is 6.56. The van der Waals surface area contributed by atoms with E-state index in [1.165, 1.54) is 13.0 Å². The SMILES string of the molecule is CC(=O)Nc1ccc(C=CC(=O)c2cn(C)nc2C)cc1. The predicted molar refractivity (Wildman–Crippen MR) is 82.1 cm³/mol. The van der Waals surface area contributed by atoms with Crippen LogP contribution in [0.1, 0.15) is 28.5 Å². The third-order valence-corrected chi connectivity index (χ3v) is 2.94. The van der Waals surface area contributed by atoms with Gasteiger partial charge in [0.2, 0.25) is 5.91 Å². The first-order chi connectivity index (χ1) is 9.95. The van der Waals surface area contributed by atoms with Gasteiger partial charge in [-0.2, -0.15) is 5.10 Å². The lowest BCUT2D eigenvalue weighted by Crippen LogP contribution is -2.05. The second-order valence-corrected chi connectivity index (χ2v) is 4.80. The van der Waals surface area contributed by atoms with E-state index in [0.29, 0.717) is 11.3 Å². The molecule has 1 N–H and O–H groups in total. The molecule has 2 aromatic rings. The Kier molecular flexibility index (Phi) is 4.33. The summed E-state index contributed by atoms with van der Waals surface area (Å²) in [5.74, 6) is -0.188. The van der Waals surface area contributed by atoms with E-state index < -0.39 is 0 Å². The van der Waals surface area contributed by atoms with Crippen LogP contribution in [-0.2, 0) is 11.8 Å². The van der Waals surface area contributed by atoms with Gasteiger partial charge in [-0.25, -0.2) is 0 Å². The molecule has 0 atom stereocenters. The summed E-state index contributed by atoms with van der Waals surface area (Å²) in [5, 5.41) is 6.84. The molecule has 21 heavy (non-hydrogen) atoms. The van der Waals surface area contributed by atoms with Crippen molar-refractivity contribution in [1.82, 2.24) is 9.78 Å². The number of ketones is 1. The summed E-state index contributed by atoms with van der Waals surface area (Å²) in [6, 6.07) is 7.26. The topological polar surface area (TPSA) is 64.0 Å². The molecule has 5 nitrogen and oxygen atoms in total. The first kappa shape index (κ1) is 14.7. The Balaban J connectivity index is 2.08. The molecule has 1 amide bonds. The highest BCUT2D eigenvalue weighted by Gasteiger charge is 2.09. The van der Waals surface area contributed by atoms with Crippen molar-refractivity contribution < 1.29 is 9.59 Å². The van der Waals surface area contributed by atoms with Gasteiger partial charge in [-0.1, -0.05) is 18.2 Å². The van der Waals surface area contributed by atoms with Crippen LogP contribution in [-0.4, -0.2) is 21.5 Å². The molecule has 1 aromatic heterocycles. The van der Waals surface area contributed by atoms with E-state index in [4.69, 9.17) is 0 Å². The van der Waals surface area contributed by atoms with Gasteiger partial charge in [0.25, 0.3) is 0 Å². The van der Waals surface area contributed by atoms with Gasteiger partial charge in [-0.15, -0.1) is 0 Å². The molecule has 1 heterocycles. The van der Waals surface area contributed by atoms with Crippen LogP contribution in [0.4, 0.5) is 5.69 Å². The number of aromatic nitrogens is 2. The smallest absolute Gasteiger partial charge is 0.221 e. The number of hydrogen-bond donors (Lipinski definition) is 1. The van der Waals surface area contributed by atoms with Crippen LogP contribution in [0.5, 0.6) is 0 Å². The molecule has 0 radical (unpaired) electrons. The fraction of sp³-hybridized carbons (Fsp3) is 0.188. The van der Waals surface area contributed by atoms with Gasteiger partial charge < -0.3 is 5.32 Å². The molecule has 0 spiro atoms. The van der Waals surface area contributed by atoms with Crippen molar-refractivity contribution in [2.75, 3.05) is 5.32 Å². The van der Waals surface area contributed by atoms with Crippen LogP contribution in [0, 0.1) is 6.92 Å². The molecular formula is C16H17N3O2. The van der Waals surface area contributed by atoms with Crippen LogP contribution in [0.2, 0.25) is 0 Å². The monoisotopic (exact) mass is 283 g/mol. The summed E-state index contributed by atoms with van der Waals surface area (Å²) in [7, 11) is 1.79. The Morgan fingerprint density at radius 2 is 1.90 bits per heavy atom. The molecule has 0 saturated carbocycles. The number of carbonyl (C=O) groups is 2. The highest BCUT2D eigenvalue weighted by molar-refractivity contribution is 6.07. The lowest BCUT2D eigenvalue weighted by atomic mass is 10.1. The standard InChI is InChI=1S/C16H17N3O2/c1-11-15(10-19(3)18-11)16(21)9-6-13-4-7-14(8-5-13)17-12(2)20/h4-10H,1-3H3,(H,17,20). The van der Waals surface area contributed by atoms with Crippen molar-refractivity contribution in [3.63, 3.8) is 0 Å². The van der Waals surface area contributed by atoms with E-state index in [0.717, 1.165) is 11.3 Å². The van der Waals surface area contributed by atoms with Gasteiger partial charge in [-0.3, -0.25) is 14.3 Å². The van der Waals surface area contributed by atoms with E-state index in [9.17, 15) is 9.59 Å². The second kappa shape index (κ2) is 6.17. The maximum atomic E-state index is 12.1. The zero-order valence-electron chi connectivity index (χ0n) is 12.3. The molecule has 108 valence electrons. The molecule has 2 rings (SSSR count). The minimum atomic E-state index is -0.111. The number of amides is 1. The Morgan fingerprint density at radius 1 is 1.24 bits per heavy atom. The zero-order valence-corrected chi connectivity index (χ0v) is 12.3. The lowest BCUT2D eigenvalue weighted by Gasteiger charge is -2.01. The molecule has 0 saturated heterocycles. The number of anilines is 1. The van der Waals surface area contributed by atoms with Crippen LogP contribution in [0.15, 0.2) is 36.5 Å². The van der Waals surface area contributed by atoms with Crippen molar-refractivity contribution in [2.45, 2.75) is 13.8 Å². The first-order valence-corrected chi connectivity index (χ1v) is 6.56. The summed E-state index contributed by atoms with van der Waals surface area (Å²) in [5.41, 5.74) is 2.94. The summed E-state index contributed by atoms with van der Waals surface area (Å²) in [4.78, 5) is 23.0. The van der Waals surface area contributed by atoms with E-state index in [1.54, 1.807) is 36.1 Å². The number of allylic oxidation sites excluding steroid dienone is 1. The fourth-order valence-electron chi connectivity index (χ4n) is 1.98.